The number of aliphatic hydroxyl groups is 1. The van der Waals surface area contributed by atoms with Crippen LogP contribution < -0.4 is 5.32 Å². The third kappa shape index (κ3) is 5.80. The summed E-state index contributed by atoms with van der Waals surface area (Å²) in [5.41, 5.74) is 0. The molecular weight excluding hydrogens is 202 g/mol. The summed E-state index contributed by atoms with van der Waals surface area (Å²) >= 11 is 0. The third-order valence-corrected chi connectivity index (χ3v) is 3.01. The van der Waals surface area contributed by atoms with Crippen molar-refractivity contribution in [3.8, 4) is 0 Å². The van der Waals surface area contributed by atoms with E-state index in [4.69, 9.17) is 0 Å². The topological polar surface area (TPSA) is 38.7 Å². The molecule has 0 saturated carbocycles. The Bertz CT molecular complexity index is 181. The van der Waals surface area contributed by atoms with Crippen LogP contribution in [0.3, 0.4) is 0 Å². The second kappa shape index (κ2) is 7.22. The van der Waals surface area contributed by atoms with Crippen molar-refractivity contribution in [2.75, 3.05) is 46.8 Å². The van der Waals surface area contributed by atoms with E-state index in [2.05, 4.69) is 36.1 Å². The van der Waals surface area contributed by atoms with E-state index < -0.39 is 0 Å². The highest BCUT2D eigenvalue weighted by molar-refractivity contribution is 4.73. The van der Waals surface area contributed by atoms with Gasteiger partial charge in [-0.3, -0.25) is 0 Å². The first-order valence-electron chi connectivity index (χ1n) is 6.36. The van der Waals surface area contributed by atoms with Gasteiger partial charge in [0.25, 0.3) is 0 Å². The number of rotatable bonds is 7. The molecule has 1 rings (SSSR count). The highest BCUT2D eigenvalue weighted by Crippen LogP contribution is 2.07. The van der Waals surface area contributed by atoms with Crippen molar-refractivity contribution in [2.45, 2.75) is 31.9 Å². The first-order chi connectivity index (χ1) is 7.58. The Labute approximate surface area is 99.6 Å². The molecule has 2 N–H and O–H groups in total. The van der Waals surface area contributed by atoms with Crippen LogP contribution in [0, 0.1) is 0 Å². The van der Waals surface area contributed by atoms with Crippen LogP contribution in [0.1, 0.15) is 19.8 Å². The van der Waals surface area contributed by atoms with Gasteiger partial charge in [-0.05, 0) is 47.0 Å². The lowest BCUT2D eigenvalue weighted by Crippen LogP contribution is -2.43. The summed E-state index contributed by atoms with van der Waals surface area (Å²) in [6, 6.07) is 0.434. The lowest BCUT2D eigenvalue weighted by atomic mass is 10.2. The fourth-order valence-electron chi connectivity index (χ4n) is 2.28. The summed E-state index contributed by atoms with van der Waals surface area (Å²) in [7, 11) is 4.14. The zero-order valence-corrected chi connectivity index (χ0v) is 10.9. The molecule has 4 heteroatoms. The first kappa shape index (κ1) is 13.9. The maximum Gasteiger partial charge on any atom is 0.0791 e. The van der Waals surface area contributed by atoms with Gasteiger partial charge in [0.2, 0.25) is 0 Å². The third-order valence-electron chi connectivity index (χ3n) is 3.01. The number of likely N-dealkylation sites (N-methyl/N-ethyl adjacent to an activating group) is 1. The van der Waals surface area contributed by atoms with Crippen LogP contribution in [0.25, 0.3) is 0 Å². The summed E-state index contributed by atoms with van der Waals surface area (Å²) in [6.07, 6.45) is 2.34. The minimum absolute atomic E-state index is 0.234. The predicted octanol–water partition coefficient (Wildman–Crippen LogP) is -0.0172. The molecule has 0 radical (unpaired) electrons. The zero-order valence-electron chi connectivity index (χ0n) is 10.9. The van der Waals surface area contributed by atoms with Crippen LogP contribution in [0.15, 0.2) is 0 Å². The van der Waals surface area contributed by atoms with E-state index in [-0.39, 0.29) is 6.10 Å². The van der Waals surface area contributed by atoms with E-state index in [1.54, 1.807) is 0 Å². The SMILES string of the molecule is CC(CN(C)C)NCC(O)CN1CCCC1. The van der Waals surface area contributed by atoms with Crippen LogP contribution in [0.2, 0.25) is 0 Å². The molecule has 4 nitrogen and oxygen atoms in total. The van der Waals surface area contributed by atoms with Crippen LogP contribution >= 0.6 is 0 Å². The molecule has 2 atom stereocenters. The van der Waals surface area contributed by atoms with E-state index in [0.717, 1.165) is 26.2 Å². The Morgan fingerprint density at radius 2 is 1.94 bits per heavy atom. The molecule has 1 aliphatic rings. The van der Waals surface area contributed by atoms with Gasteiger partial charge in [-0.15, -0.1) is 0 Å². The number of nitrogens with zero attached hydrogens (tertiary/aromatic N) is 2. The Hall–Kier alpha value is -0.160. The van der Waals surface area contributed by atoms with Crippen LogP contribution in [-0.2, 0) is 0 Å². The van der Waals surface area contributed by atoms with Crippen molar-refractivity contribution in [1.82, 2.24) is 15.1 Å². The van der Waals surface area contributed by atoms with E-state index in [1.807, 2.05) is 0 Å². The number of β-amino-alcohol motifs (C(OH)–C–C–N with tert-alkyl or cyclic N) is 1. The van der Waals surface area contributed by atoms with Crippen LogP contribution in [-0.4, -0.2) is 73.9 Å². The molecule has 0 bridgehead atoms. The molecule has 1 saturated heterocycles. The fourth-order valence-corrected chi connectivity index (χ4v) is 2.28. The molecule has 2 unspecified atom stereocenters. The van der Waals surface area contributed by atoms with Gasteiger partial charge in [-0.2, -0.15) is 0 Å². The largest absolute Gasteiger partial charge is 0.390 e. The molecule has 0 aromatic heterocycles. The Kier molecular flexibility index (Phi) is 6.28. The summed E-state index contributed by atoms with van der Waals surface area (Å²) in [5.74, 6) is 0. The highest BCUT2D eigenvalue weighted by Gasteiger charge is 2.16. The maximum atomic E-state index is 9.87. The molecular formula is C12H27N3O. The van der Waals surface area contributed by atoms with Gasteiger partial charge in [0.15, 0.2) is 0 Å². The smallest absolute Gasteiger partial charge is 0.0791 e. The summed E-state index contributed by atoms with van der Waals surface area (Å²) in [4.78, 5) is 4.51. The molecule has 0 aromatic carbocycles. The first-order valence-corrected chi connectivity index (χ1v) is 6.36. The quantitative estimate of drug-likeness (QED) is 0.644. The molecule has 0 aliphatic carbocycles. The second-order valence-electron chi connectivity index (χ2n) is 5.23. The molecule has 96 valence electrons. The standard InChI is InChI=1S/C12H27N3O/c1-11(9-14(2)3)13-8-12(16)10-15-6-4-5-7-15/h11-13,16H,4-10H2,1-3H3. The van der Waals surface area contributed by atoms with E-state index in [0.29, 0.717) is 12.6 Å². The summed E-state index contributed by atoms with van der Waals surface area (Å²) in [5, 5.41) is 13.2. The normalized spacial score (nSPS) is 21.6. The van der Waals surface area contributed by atoms with Gasteiger partial charge < -0.3 is 20.2 Å². The van der Waals surface area contributed by atoms with Crippen LogP contribution in [0.4, 0.5) is 0 Å². The summed E-state index contributed by atoms with van der Waals surface area (Å²) in [6.45, 7) is 7.00. The molecule has 1 fully saturated rings. The maximum absolute atomic E-state index is 9.87. The zero-order chi connectivity index (χ0) is 12.0. The molecule has 1 aliphatic heterocycles. The van der Waals surface area contributed by atoms with Crippen molar-refractivity contribution in [3.05, 3.63) is 0 Å². The average molecular weight is 229 g/mol. The molecule has 0 aromatic rings. The highest BCUT2D eigenvalue weighted by atomic mass is 16.3. The van der Waals surface area contributed by atoms with E-state index in [1.165, 1.54) is 12.8 Å². The van der Waals surface area contributed by atoms with Crippen molar-refractivity contribution >= 4 is 0 Å². The fraction of sp³-hybridized carbons (Fsp3) is 1.00. The van der Waals surface area contributed by atoms with E-state index >= 15 is 0 Å². The van der Waals surface area contributed by atoms with Gasteiger partial charge in [-0.1, -0.05) is 0 Å². The molecule has 0 spiro atoms. The Morgan fingerprint density at radius 1 is 1.31 bits per heavy atom. The minimum Gasteiger partial charge on any atom is -0.390 e. The van der Waals surface area contributed by atoms with Crippen LogP contribution in [0.5, 0.6) is 0 Å². The van der Waals surface area contributed by atoms with Crippen molar-refractivity contribution in [2.24, 2.45) is 0 Å². The van der Waals surface area contributed by atoms with Crippen molar-refractivity contribution in [3.63, 3.8) is 0 Å². The number of aliphatic hydroxyl groups excluding tert-OH is 1. The van der Waals surface area contributed by atoms with Gasteiger partial charge in [-0.25, -0.2) is 0 Å². The van der Waals surface area contributed by atoms with Crippen molar-refractivity contribution < 1.29 is 5.11 Å². The molecule has 16 heavy (non-hydrogen) atoms. The Morgan fingerprint density at radius 3 is 2.50 bits per heavy atom. The lowest BCUT2D eigenvalue weighted by Gasteiger charge is -2.23. The number of likely N-dealkylation sites (tertiary alicyclic amines) is 1. The van der Waals surface area contributed by atoms with Gasteiger partial charge in [0.05, 0.1) is 6.10 Å². The van der Waals surface area contributed by atoms with E-state index in [9.17, 15) is 5.11 Å². The molecule has 0 amide bonds. The lowest BCUT2D eigenvalue weighted by molar-refractivity contribution is 0.119. The summed E-state index contributed by atoms with van der Waals surface area (Å²) < 4.78 is 0. The number of nitrogens with one attached hydrogen (secondary N) is 1. The Balaban J connectivity index is 2.06. The predicted molar refractivity (Wildman–Crippen MR) is 67.7 cm³/mol. The molecule has 1 heterocycles. The second-order valence-corrected chi connectivity index (χ2v) is 5.23. The van der Waals surface area contributed by atoms with Gasteiger partial charge >= 0.3 is 0 Å². The van der Waals surface area contributed by atoms with Gasteiger partial charge in [0, 0.05) is 25.7 Å². The van der Waals surface area contributed by atoms with Gasteiger partial charge in [0.1, 0.15) is 0 Å². The monoisotopic (exact) mass is 229 g/mol. The van der Waals surface area contributed by atoms with Crippen molar-refractivity contribution in [1.29, 1.82) is 0 Å². The average Bonchev–Trinajstić information content (AvgIpc) is 2.66. The minimum atomic E-state index is -0.234. The number of hydrogen-bond donors (Lipinski definition) is 2. The number of hydrogen-bond acceptors (Lipinski definition) is 4.